The number of anilines is 1. The Kier molecular flexibility index (Phi) is 4.93. The van der Waals surface area contributed by atoms with Crippen LogP contribution in [0.25, 0.3) is 0 Å². The van der Waals surface area contributed by atoms with Crippen LogP contribution in [-0.2, 0) is 0 Å². The number of ether oxygens (including phenoxy) is 1. The lowest BCUT2D eigenvalue weighted by atomic mass is 10.1. The number of nitriles is 1. The third-order valence-corrected chi connectivity index (χ3v) is 4.33. The molecule has 0 radical (unpaired) electrons. The molecule has 2 aromatic heterocycles. The molecule has 0 saturated carbocycles. The molecule has 1 fully saturated rings. The fraction of sp³-hybridized carbons (Fsp3) is 0.375. The fourth-order valence-corrected chi connectivity index (χ4v) is 2.92. The number of thioether (sulfide) groups is 1. The number of aromatic nitrogens is 3. The summed E-state index contributed by atoms with van der Waals surface area (Å²) in [5.74, 6) is 1.99. The Bertz CT molecular complexity index is 703. The van der Waals surface area contributed by atoms with E-state index in [1.165, 1.54) is 11.8 Å². The van der Waals surface area contributed by atoms with E-state index in [2.05, 4.69) is 25.9 Å². The van der Waals surface area contributed by atoms with Gasteiger partial charge in [-0.3, -0.25) is 4.98 Å². The van der Waals surface area contributed by atoms with E-state index in [9.17, 15) is 5.26 Å². The molecule has 1 aliphatic heterocycles. The van der Waals surface area contributed by atoms with Crippen LogP contribution in [-0.4, -0.2) is 40.9 Å². The van der Waals surface area contributed by atoms with E-state index < -0.39 is 0 Å². The van der Waals surface area contributed by atoms with Gasteiger partial charge in [0.05, 0.1) is 12.8 Å². The summed E-state index contributed by atoms with van der Waals surface area (Å²) in [6.45, 7) is 2.37. The van der Waals surface area contributed by atoms with Crippen molar-refractivity contribution < 1.29 is 4.74 Å². The van der Waals surface area contributed by atoms with E-state index in [4.69, 9.17) is 4.74 Å². The van der Waals surface area contributed by atoms with Crippen molar-refractivity contribution in [3.05, 3.63) is 36.3 Å². The average Bonchev–Trinajstić information content (AvgIpc) is 3.09. The van der Waals surface area contributed by atoms with E-state index in [0.717, 1.165) is 31.1 Å². The predicted molar refractivity (Wildman–Crippen MR) is 88.6 cm³/mol. The van der Waals surface area contributed by atoms with Crippen LogP contribution in [0.15, 0.2) is 35.9 Å². The Morgan fingerprint density at radius 3 is 3.00 bits per heavy atom. The lowest BCUT2D eigenvalue weighted by molar-refractivity contribution is 0.261. The van der Waals surface area contributed by atoms with Crippen LogP contribution in [0, 0.1) is 17.2 Å². The number of hydrogen-bond acceptors (Lipinski definition) is 7. The highest BCUT2D eigenvalue weighted by Crippen LogP contribution is 2.26. The molecule has 1 aliphatic rings. The van der Waals surface area contributed by atoms with Gasteiger partial charge in [0.25, 0.3) is 0 Å². The first-order chi connectivity index (χ1) is 11.3. The van der Waals surface area contributed by atoms with Crippen molar-refractivity contribution in [2.45, 2.75) is 11.6 Å². The maximum atomic E-state index is 9.27. The third kappa shape index (κ3) is 3.71. The zero-order chi connectivity index (χ0) is 16.1. The molecule has 0 aromatic carbocycles. The Labute approximate surface area is 139 Å². The minimum atomic E-state index is 0.419. The highest BCUT2D eigenvalue weighted by molar-refractivity contribution is 7.98. The van der Waals surface area contributed by atoms with Crippen LogP contribution in [0.2, 0.25) is 0 Å². The molecule has 0 aliphatic carbocycles. The first kappa shape index (κ1) is 15.6. The Hall–Kier alpha value is -2.33. The number of nitrogens with zero attached hydrogens (tertiary/aromatic N) is 5. The summed E-state index contributed by atoms with van der Waals surface area (Å²) in [5.41, 5.74) is 0.526. The third-order valence-electron chi connectivity index (χ3n) is 3.77. The summed E-state index contributed by atoms with van der Waals surface area (Å²) in [4.78, 5) is 14.8. The maximum Gasteiger partial charge on any atom is 0.189 e. The zero-order valence-corrected chi connectivity index (χ0v) is 13.7. The molecule has 3 rings (SSSR count). The minimum absolute atomic E-state index is 0.419. The predicted octanol–water partition coefficient (Wildman–Crippen LogP) is 2.37. The average molecular weight is 327 g/mol. The highest BCUT2D eigenvalue weighted by Gasteiger charge is 2.26. The van der Waals surface area contributed by atoms with Gasteiger partial charge >= 0.3 is 0 Å². The zero-order valence-electron chi connectivity index (χ0n) is 12.8. The van der Waals surface area contributed by atoms with E-state index in [1.807, 2.05) is 18.4 Å². The largest absolute Gasteiger partial charge is 0.493 e. The normalized spacial score (nSPS) is 17.0. The molecular weight excluding hydrogens is 310 g/mol. The molecule has 3 heterocycles. The van der Waals surface area contributed by atoms with Gasteiger partial charge in [0, 0.05) is 31.4 Å². The number of rotatable bonds is 5. The molecule has 1 atom stereocenters. The van der Waals surface area contributed by atoms with E-state index >= 15 is 0 Å². The monoisotopic (exact) mass is 327 g/mol. The van der Waals surface area contributed by atoms with E-state index in [0.29, 0.717) is 23.2 Å². The molecule has 0 N–H and O–H groups in total. The minimum Gasteiger partial charge on any atom is -0.493 e. The van der Waals surface area contributed by atoms with Crippen molar-refractivity contribution in [2.75, 3.05) is 30.9 Å². The van der Waals surface area contributed by atoms with Gasteiger partial charge in [-0.1, -0.05) is 11.8 Å². The van der Waals surface area contributed by atoms with Crippen LogP contribution < -0.4 is 9.64 Å². The Morgan fingerprint density at radius 1 is 1.43 bits per heavy atom. The Balaban J connectivity index is 1.64. The topological polar surface area (TPSA) is 74.9 Å². The quantitative estimate of drug-likeness (QED) is 0.616. The second-order valence-electron chi connectivity index (χ2n) is 5.30. The van der Waals surface area contributed by atoms with Gasteiger partial charge in [-0.2, -0.15) is 5.26 Å². The summed E-state index contributed by atoms with van der Waals surface area (Å²) < 4.78 is 5.81. The van der Waals surface area contributed by atoms with Crippen molar-refractivity contribution >= 4 is 17.6 Å². The lowest BCUT2D eigenvalue weighted by Crippen LogP contribution is -2.24. The van der Waals surface area contributed by atoms with Crippen molar-refractivity contribution in [3.8, 4) is 11.8 Å². The van der Waals surface area contributed by atoms with Crippen LogP contribution >= 0.6 is 11.8 Å². The molecule has 6 nitrogen and oxygen atoms in total. The molecule has 118 valence electrons. The van der Waals surface area contributed by atoms with Gasteiger partial charge in [0.1, 0.15) is 17.4 Å². The van der Waals surface area contributed by atoms with Crippen LogP contribution in [0.1, 0.15) is 12.0 Å². The standard InChI is InChI=1S/C16H17N5OS/c1-23-16-19-9-13(8-17)15(20-16)21-7-4-12(10-21)11-22-14-2-5-18-6-3-14/h2-3,5-6,9,12H,4,7,10-11H2,1H3. The van der Waals surface area contributed by atoms with Gasteiger partial charge in [-0.05, 0) is 24.8 Å². The maximum absolute atomic E-state index is 9.27. The summed E-state index contributed by atoms with van der Waals surface area (Å²) in [7, 11) is 0. The smallest absolute Gasteiger partial charge is 0.189 e. The first-order valence-electron chi connectivity index (χ1n) is 7.39. The molecule has 1 saturated heterocycles. The van der Waals surface area contributed by atoms with Crippen LogP contribution in [0.4, 0.5) is 5.82 Å². The fourth-order valence-electron chi connectivity index (χ4n) is 2.59. The molecule has 0 amide bonds. The van der Waals surface area contributed by atoms with Crippen molar-refractivity contribution in [3.63, 3.8) is 0 Å². The van der Waals surface area contributed by atoms with Crippen molar-refractivity contribution in [1.82, 2.24) is 15.0 Å². The molecule has 2 aromatic rings. The second-order valence-corrected chi connectivity index (χ2v) is 6.07. The van der Waals surface area contributed by atoms with E-state index in [1.54, 1.807) is 18.6 Å². The van der Waals surface area contributed by atoms with Gasteiger partial charge in [0.15, 0.2) is 11.0 Å². The summed E-state index contributed by atoms with van der Waals surface area (Å²) in [6, 6.07) is 5.90. The number of hydrogen-bond donors (Lipinski definition) is 0. The Morgan fingerprint density at radius 2 is 2.26 bits per heavy atom. The SMILES string of the molecule is CSc1ncc(C#N)c(N2CCC(COc3ccncc3)C2)n1. The van der Waals surface area contributed by atoms with Gasteiger partial charge in [-0.15, -0.1) is 0 Å². The molecule has 23 heavy (non-hydrogen) atoms. The lowest BCUT2D eigenvalue weighted by Gasteiger charge is -2.19. The molecule has 7 heteroatoms. The molecule has 1 unspecified atom stereocenters. The summed E-state index contributed by atoms with van der Waals surface area (Å²) >= 11 is 1.48. The number of pyridine rings is 1. The van der Waals surface area contributed by atoms with Crippen LogP contribution in [0.5, 0.6) is 5.75 Å². The summed E-state index contributed by atoms with van der Waals surface area (Å²) in [5, 5.41) is 9.96. The van der Waals surface area contributed by atoms with Gasteiger partial charge in [-0.25, -0.2) is 9.97 Å². The van der Waals surface area contributed by atoms with E-state index in [-0.39, 0.29) is 0 Å². The molecular formula is C16H17N5OS. The molecule has 0 spiro atoms. The molecule has 0 bridgehead atoms. The van der Waals surface area contributed by atoms with Crippen molar-refractivity contribution in [1.29, 1.82) is 5.26 Å². The van der Waals surface area contributed by atoms with Crippen molar-refractivity contribution in [2.24, 2.45) is 5.92 Å². The van der Waals surface area contributed by atoms with Gasteiger partial charge < -0.3 is 9.64 Å². The van der Waals surface area contributed by atoms with Crippen LogP contribution in [0.3, 0.4) is 0 Å². The summed E-state index contributed by atoms with van der Waals surface area (Å²) in [6.07, 6.45) is 8.00. The highest BCUT2D eigenvalue weighted by atomic mass is 32.2. The second kappa shape index (κ2) is 7.29. The van der Waals surface area contributed by atoms with Gasteiger partial charge in [0.2, 0.25) is 0 Å². The first-order valence-corrected chi connectivity index (χ1v) is 8.61.